The summed E-state index contributed by atoms with van der Waals surface area (Å²) < 4.78 is 1.76. The van der Waals surface area contributed by atoms with Gasteiger partial charge in [-0.25, -0.2) is 10.1 Å². The molecule has 0 unspecified atom stereocenters. The number of hydrogen-bond acceptors (Lipinski definition) is 4. The summed E-state index contributed by atoms with van der Waals surface area (Å²) in [7, 11) is 0. The average Bonchev–Trinajstić information content (AvgIpc) is 3.45. The molecular weight excluding hydrogens is 366 g/mol. The molecule has 1 saturated carbocycles. The van der Waals surface area contributed by atoms with E-state index in [4.69, 9.17) is 5.10 Å². The number of hydrogen-bond donors (Lipinski definition) is 2. The lowest BCUT2D eigenvalue weighted by molar-refractivity contribution is -0.139. The summed E-state index contributed by atoms with van der Waals surface area (Å²) in [4.78, 5) is 23.6. The quantitative estimate of drug-likeness (QED) is 0.401. The number of aryl methyl sites for hydroxylation is 1. The molecule has 146 valence electrons. The van der Waals surface area contributed by atoms with Crippen molar-refractivity contribution in [3.63, 3.8) is 0 Å². The van der Waals surface area contributed by atoms with Gasteiger partial charge in [-0.3, -0.25) is 9.59 Å². The number of benzene rings is 2. The van der Waals surface area contributed by atoms with E-state index in [0.717, 1.165) is 40.9 Å². The van der Waals surface area contributed by atoms with Crippen molar-refractivity contribution in [1.82, 2.24) is 20.5 Å². The number of para-hydroxylation sites is 1. The number of rotatable bonds is 5. The Morgan fingerprint density at radius 1 is 1.07 bits per heavy atom. The molecule has 0 spiro atoms. The molecule has 3 aromatic rings. The van der Waals surface area contributed by atoms with E-state index in [9.17, 15) is 9.59 Å². The van der Waals surface area contributed by atoms with Crippen molar-refractivity contribution in [1.29, 1.82) is 0 Å². The van der Waals surface area contributed by atoms with Gasteiger partial charge in [-0.05, 0) is 31.9 Å². The molecule has 29 heavy (non-hydrogen) atoms. The molecule has 1 aliphatic carbocycles. The van der Waals surface area contributed by atoms with Crippen LogP contribution >= 0.6 is 0 Å². The van der Waals surface area contributed by atoms with Gasteiger partial charge in [0.15, 0.2) is 0 Å². The van der Waals surface area contributed by atoms with E-state index in [1.165, 1.54) is 6.21 Å². The third-order valence-electron chi connectivity index (χ3n) is 4.58. The van der Waals surface area contributed by atoms with Crippen molar-refractivity contribution in [2.45, 2.75) is 25.8 Å². The maximum Gasteiger partial charge on any atom is 0.329 e. The molecule has 2 N–H and O–H groups in total. The molecule has 1 heterocycles. The first-order chi connectivity index (χ1) is 14.1. The molecule has 0 radical (unpaired) electrons. The number of hydrazone groups is 1. The van der Waals surface area contributed by atoms with E-state index in [2.05, 4.69) is 15.8 Å². The Kier molecular flexibility index (Phi) is 5.20. The Morgan fingerprint density at radius 3 is 2.48 bits per heavy atom. The Morgan fingerprint density at radius 2 is 1.79 bits per heavy atom. The highest BCUT2D eigenvalue weighted by molar-refractivity contribution is 6.35. The lowest BCUT2D eigenvalue weighted by atomic mass is 10.1. The molecule has 1 fully saturated rings. The number of nitrogens with zero attached hydrogens (tertiary/aromatic N) is 3. The SMILES string of the molecule is Cc1ccc(-c2nn(-c3ccccc3)cc2/C=N\NC(=O)C(=O)NC2CC2)cc1. The van der Waals surface area contributed by atoms with Gasteiger partial charge in [0.1, 0.15) is 5.69 Å². The van der Waals surface area contributed by atoms with Gasteiger partial charge in [-0.2, -0.15) is 10.2 Å². The molecule has 2 amide bonds. The molecule has 1 aliphatic rings. The van der Waals surface area contributed by atoms with Crippen LogP contribution in [0, 0.1) is 6.92 Å². The van der Waals surface area contributed by atoms with Crippen LogP contribution in [0.3, 0.4) is 0 Å². The van der Waals surface area contributed by atoms with Gasteiger partial charge in [0.2, 0.25) is 0 Å². The average molecular weight is 387 g/mol. The molecule has 1 aromatic heterocycles. The van der Waals surface area contributed by atoms with Gasteiger partial charge in [-0.15, -0.1) is 0 Å². The molecular formula is C22H21N5O2. The maximum absolute atomic E-state index is 11.9. The van der Waals surface area contributed by atoms with E-state index < -0.39 is 11.8 Å². The van der Waals surface area contributed by atoms with Crippen LogP contribution in [-0.2, 0) is 9.59 Å². The van der Waals surface area contributed by atoms with Crippen molar-refractivity contribution in [3.8, 4) is 16.9 Å². The highest BCUT2D eigenvalue weighted by Gasteiger charge is 2.26. The fraction of sp³-hybridized carbons (Fsp3) is 0.182. The number of carbonyl (C=O) groups is 2. The summed E-state index contributed by atoms with van der Waals surface area (Å²) in [5.41, 5.74) is 6.73. The van der Waals surface area contributed by atoms with E-state index in [0.29, 0.717) is 0 Å². The minimum atomic E-state index is -0.777. The van der Waals surface area contributed by atoms with E-state index in [1.54, 1.807) is 4.68 Å². The molecule has 7 heteroatoms. The summed E-state index contributed by atoms with van der Waals surface area (Å²) in [6.45, 7) is 2.02. The summed E-state index contributed by atoms with van der Waals surface area (Å²) in [6, 6.07) is 17.9. The van der Waals surface area contributed by atoms with Gasteiger partial charge in [-0.1, -0.05) is 48.0 Å². The molecule has 0 atom stereocenters. The van der Waals surface area contributed by atoms with E-state index in [1.807, 2.05) is 67.7 Å². The van der Waals surface area contributed by atoms with Crippen LogP contribution in [0.2, 0.25) is 0 Å². The topological polar surface area (TPSA) is 88.4 Å². The maximum atomic E-state index is 11.9. The second-order valence-corrected chi connectivity index (χ2v) is 7.03. The summed E-state index contributed by atoms with van der Waals surface area (Å²) in [5, 5.41) is 11.3. The predicted octanol–water partition coefficient (Wildman–Crippen LogP) is 2.58. The van der Waals surface area contributed by atoms with Crippen LogP contribution in [-0.4, -0.2) is 33.9 Å². The van der Waals surface area contributed by atoms with Crippen molar-refractivity contribution in [2.24, 2.45) is 5.10 Å². The van der Waals surface area contributed by atoms with E-state index >= 15 is 0 Å². The largest absolute Gasteiger partial charge is 0.345 e. The van der Waals surface area contributed by atoms with Crippen LogP contribution in [0.5, 0.6) is 0 Å². The summed E-state index contributed by atoms with van der Waals surface area (Å²) in [5.74, 6) is -1.44. The zero-order chi connectivity index (χ0) is 20.2. The van der Waals surface area contributed by atoms with Crippen molar-refractivity contribution >= 4 is 18.0 Å². The number of carbonyl (C=O) groups excluding carboxylic acids is 2. The first-order valence-electron chi connectivity index (χ1n) is 9.46. The zero-order valence-electron chi connectivity index (χ0n) is 16.0. The van der Waals surface area contributed by atoms with Crippen LogP contribution in [0.15, 0.2) is 65.9 Å². The standard InChI is InChI=1S/C22H21N5O2/c1-15-7-9-16(10-8-15)20-17(14-27(26-20)19-5-3-2-4-6-19)13-23-25-22(29)21(28)24-18-11-12-18/h2-10,13-14,18H,11-12H2,1H3,(H,24,28)(H,25,29)/b23-13-. The van der Waals surface area contributed by atoms with Crippen LogP contribution in [0.1, 0.15) is 24.0 Å². The minimum absolute atomic E-state index is 0.120. The molecule has 7 nitrogen and oxygen atoms in total. The number of amides is 2. The molecule has 0 bridgehead atoms. The molecule has 2 aromatic carbocycles. The van der Waals surface area contributed by atoms with E-state index in [-0.39, 0.29) is 6.04 Å². The zero-order valence-corrected chi connectivity index (χ0v) is 16.0. The number of nitrogens with one attached hydrogen (secondary N) is 2. The summed E-state index contributed by atoms with van der Waals surface area (Å²) in [6.07, 6.45) is 5.18. The molecule has 0 saturated heterocycles. The Bertz CT molecular complexity index is 1050. The van der Waals surface area contributed by atoms with Crippen molar-refractivity contribution in [2.75, 3.05) is 0 Å². The fourth-order valence-corrected chi connectivity index (χ4v) is 2.82. The monoisotopic (exact) mass is 387 g/mol. The van der Waals surface area contributed by atoms with Gasteiger partial charge in [0, 0.05) is 23.4 Å². The number of aromatic nitrogens is 2. The molecule has 4 rings (SSSR count). The Balaban J connectivity index is 1.58. The minimum Gasteiger partial charge on any atom is -0.345 e. The molecule has 0 aliphatic heterocycles. The van der Waals surface area contributed by atoms with Gasteiger partial charge in [0.25, 0.3) is 0 Å². The second-order valence-electron chi connectivity index (χ2n) is 7.03. The lowest BCUT2D eigenvalue weighted by Crippen LogP contribution is -2.38. The summed E-state index contributed by atoms with van der Waals surface area (Å²) >= 11 is 0. The first kappa shape index (κ1) is 18.6. The fourth-order valence-electron chi connectivity index (χ4n) is 2.82. The Hall–Kier alpha value is -3.74. The third-order valence-corrected chi connectivity index (χ3v) is 4.58. The van der Waals surface area contributed by atoms with Crippen molar-refractivity contribution in [3.05, 3.63) is 71.9 Å². The van der Waals surface area contributed by atoms with Crippen molar-refractivity contribution < 1.29 is 9.59 Å². The Labute approximate surface area is 168 Å². The van der Waals surface area contributed by atoms with Gasteiger partial charge >= 0.3 is 11.8 Å². The second kappa shape index (κ2) is 8.10. The lowest BCUT2D eigenvalue weighted by Gasteiger charge is -2.01. The highest BCUT2D eigenvalue weighted by Crippen LogP contribution is 2.23. The first-order valence-corrected chi connectivity index (χ1v) is 9.46. The van der Waals surface area contributed by atoms with Gasteiger partial charge < -0.3 is 5.32 Å². The van der Waals surface area contributed by atoms with Gasteiger partial charge in [0.05, 0.1) is 11.9 Å². The smallest absolute Gasteiger partial charge is 0.329 e. The van der Waals surface area contributed by atoms with Crippen LogP contribution in [0.4, 0.5) is 0 Å². The van der Waals surface area contributed by atoms with Crippen LogP contribution < -0.4 is 10.7 Å². The normalized spacial score (nSPS) is 13.4. The third kappa shape index (κ3) is 4.57. The highest BCUT2D eigenvalue weighted by atomic mass is 16.2. The predicted molar refractivity (Wildman–Crippen MR) is 111 cm³/mol. The van der Waals surface area contributed by atoms with Crippen LogP contribution in [0.25, 0.3) is 16.9 Å².